The van der Waals surface area contributed by atoms with Gasteiger partial charge in [0.15, 0.2) is 0 Å². The Hall–Kier alpha value is -4.24. The number of unbranched alkanes of at least 4 members (excludes halogenated alkanes) is 1. The van der Waals surface area contributed by atoms with Crippen LogP contribution in [0.3, 0.4) is 0 Å². The molecule has 9 nitrogen and oxygen atoms in total. The van der Waals surface area contributed by atoms with Gasteiger partial charge in [-0.15, -0.1) is 0 Å². The van der Waals surface area contributed by atoms with E-state index in [1.54, 1.807) is 0 Å². The molecule has 0 saturated carbocycles. The normalized spacial score (nSPS) is 12.0. The van der Waals surface area contributed by atoms with Crippen LogP contribution < -0.4 is 10.6 Å². The fraction of sp³-hybridized carbons (Fsp3) is 0.412. The molecule has 2 N–H and O–H groups in total. The van der Waals surface area contributed by atoms with E-state index >= 15 is 0 Å². The number of nitrogens with zero attached hydrogens (tertiary/aromatic N) is 3. The van der Waals surface area contributed by atoms with Crippen LogP contribution in [-0.2, 0) is 22.6 Å². The molecule has 0 aliphatic heterocycles. The standard InChI is InChI=1S/C34H43N5O4/c1-8-9-20-39(21-25-18-16-23-12-10-14-27(29(23)35-25)37-31(40)42-33(2,3)4)22-26-19-17-24-13-11-15-28(30(24)36-26)38-32(41)43-34(5,6)7/h10-19H,8-9,20-22H2,1-7H3,(H,37,40)(H,38,41). The molecule has 0 bridgehead atoms. The van der Waals surface area contributed by atoms with Crippen molar-refractivity contribution in [3.8, 4) is 0 Å². The minimum atomic E-state index is -0.601. The summed E-state index contributed by atoms with van der Waals surface area (Å²) in [4.78, 5) is 37.2. The molecular formula is C34H43N5O4. The zero-order chi connectivity index (χ0) is 31.2. The van der Waals surface area contributed by atoms with Crippen molar-refractivity contribution in [1.82, 2.24) is 14.9 Å². The highest BCUT2D eigenvalue weighted by molar-refractivity contribution is 5.98. The van der Waals surface area contributed by atoms with Gasteiger partial charge < -0.3 is 9.47 Å². The van der Waals surface area contributed by atoms with E-state index in [9.17, 15) is 9.59 Å². The number of carbonyl (C=O) groups excluding carboxylic acids is 2. The Labute approximate surface area is 254 Å². The van der Waals surface area contributed by atoms with Crippen molar-refractivity contribution in [3.63, 3.8) is 0 Å². The number of ether oxygens (including phenoxy) is 2. The quantitative estimate of drug-likeness (QED) is 0.204. The van der Waals surface area contributed by atoms with Crippen molar-refractivity contribution in [2.24, 2.45) is 0 Å². The summed E-state index contributed by atoms with van der Waals surface area (Å²) in [5.74, 6) is 0. The van der Waals surface area contributed by atoms with Crippen LogP contribution in [0.2, 0.25) is 0 Å². The van der Waals surface area contributed by atoms with Crippen LogP contribution in [0.1, 0.15) is 72.7 Å². The van der Waals surface area contributed by atoms with Gasteiger partial charge in [-0.2, -0.15) is 0 Å². The second kappa shape index (κ2) is 13.4. The molecule has 2 amide bonds. The van der Waals surface area contributed by atoms with Crippen LogP contribution in [0.5, 0.6) is 0 Å². The van der Waals surface area contributed by atoms with Crippen LogP contribution in [0, 0.1) is 0 Å². The molecule has 2 aromatic heterocycles. The number of anilines is 2. The smallest absolute Gasteiger partial charge is 0.412 e. The first-order chi connectivity index (χ1) is 20.3. The number of benzene rings is 2. The van der Waals surface area contributed by atoms with Crippen LogP contribution in [-0.4, -0.2) is 44.8 Å². The first-order valence-corrected chi connectivity index (χ1v) is 14.8. The van der Waals surface area contributed by atoms with Crippen molar-refractivity contribution in [3.05, 3.63) is 72.1 Å². The number of nitrogens with one attached hydrogen (secondary N) is 2. The summed E-state index contributed by atoms with van der Waals surface area (Å²) >= 11 is 0. The van der Waals surface area contributed by atoms with E-state index in [4.69, 9.17) is 19.4 Å². The first kappa shape index (κ1) is 31.7. The average molecular weight is 586 g/mol. The van der Waals surface area contributed by atoms with Crippen molar-refractivity contribution >= 4 is 45.4 Å². The number of hydrogen-bond acceptors (Lipinski definition) is 7. The predicted molar refractivity (Wildman–Crippen MR) is 172 cm³/mol. The summed E-state index contributed by atoms with van der Waals surface area (Å²) in [6, 6.07) is 19.5. The van der Waals surface area contributed by atoms with E-state index < -0.39 is 23.4 Å². The summed E-state index contributed by atoms with van der Waals surface area (Å²) in [6.07, 6.45) is 1.05. The average Bonchev–Trinajstić information content (AvgIpc) is 2.90. The molecule has 2 aromatic carbocycles. The molecule has 0 unspecified atom stereocenters. The summed E-state index contributed by atoms with van der Waals surface area (Å²) in [6.45, 7) is 15.2. The van der Waals surface area contributed by atoms with Crippen LogP contribution >= 0.6 is 0 Å². The molecule has 0 aliphatic carbocycles. The third kappa shape index (κ3) is 9.38. The third-order valence-electron chi connectivity index (χ3n) is 6.43. The van der Waals surface area contributed by atoms with Gasteiger partial charge in [0.2, 0.25) is 0 Å². The number of fused-ring (bicyclic) bond motifs is 2. The minimum Gasteiger partial charge on any atom is -0.444 e. The third-order valence-corrected chi connectivity index (χ3v) is 6.43. The number of aromatic nitrogens is 2. The van der Waals surface area contributed by atoms with Gasteiger partial charge in [0.1, 0.15) is 11.2 Å². The Balaban J connectivity index is 1.57. The molecule has 0 spiro atoms. The fourth-order valence-corrected chi connectivity index (χ4v) is 4.63. The van der Waals surface area contributed by atoms with Crippen molar-refractivity contribution in [1.29, 1.82) is 0 Å². The number of amides is 2. The lowest BCUT2D eigenvalue weighted by molar-refractivity contribution is 0.0624. The highest BCUT2D eigenvalue weighted by Gasteiger charge is 2.19. The van der Waals surface area contributed by atoms with Gasteiger partial charge in [0.25, 0.3) is 0 Å². The Bertz CT molecular complexity index is 1470. The molecule has 4 aromatic rings. The highest BCUT2D eigenvalue weighted by Crippen LogP contribution is 2.25. The summed E-state index contributed by atoms with van der Waals surface area (Å²) in [5, 5.41) is 7.57. The number of pyridine rings is 2. The van der Waals surface area contributed by atoms with Gasteiger partial charge in [-0.05, 0) is 78.8 Å². The van der Waals surface area contributed by atoms with E-state index in [0.29, 0.717) is 35.5 Å². The molecule has 0 aliphatic rings. The molecule has 228 valence electrons. The second-order valence-electron chi connectivity index (χ2n) is 12.7. The molecule has 2 heterocycles. The summed E-state index contributed by atoms with van der Waals surface area (Å²) in [7, 11) is 0. The topological polar surface area (TPSA) is 106 Å². The van der Waals surface area contributed by atoms with E-state index in [1.165, 1.54) is 0 Å². The van der Waals surface area contributed by atoms with Crippen LogP contribution in [0.4, 0.5) is 21.0 Å². The number of para-hydroxylation sites is 2. The Morgan fingerprint density at radius 3 is 1.53 bits per heavy atom. The summed E-state index contributed by atoms with van der Waals surface area (Å²) < 4.78 is 10.9. The lowest BCUT2D eigenvalue weighted by Gasteiger charge is -2.22. The van der Waals surface area contributed by atoms with Gasteiger partial charge in [0.05, 0.1) is 33.8 Å². The van der Waals surface area contributed by atoms with Crippen LogP contribution in [0.15, 0.2) is 60.7 Å². The predicted octanol–water partition coefficient (Wildman–Crippen LogP) is 8.28. The van der Waals surface area contributed by atoms with Crippen molar-refractivity contribution in [2.75, 3.05) is 17.2 Å². The van der Waals surface area contributed by atoms with E-state index in [1.807, 2.05) is 102 Å². The van der Waals surface area contributed by atoms with E-state index in [0.717, 1.165) is 41.5 Å². The lowest BCUT2D eigenvalue weighted by Crippen LogP contribution is -2.27. The van der Waals surface area contributed by atoms with Crippen molar-refractivity contribution in [2.45, 2.75) is 85.6 Å². The number of hydrogen-bond donors (Lipinski definition) is 2. The minimum absolute atomic E-state index is 0.514. The Kier molecular flexibility index (Phi) is 9.86. The fourth-order valence-electron chi connectivity index (χ4n) is 4.63. The Morgan fingerprint density at radius 1 is 0.698 bits per heavy atom. The number of carbonyl (C=O) groups is 2. The number of rotatable bonds is 9. The van der Waals surface area contributed by atoms with Gasteiger partial charge in [-0.3, -0.25) is 15.5 Å². The van der Waals surface area contributed by atoms with Gasteiger partial charge in [-0.1, -0.05) is 49.7 Å². The second-order valence-corrected chi connectivity index (χ2v) is 12.7. The molecule has 0 fully saturated rings. The van der Waals surface area contributed by atoms with Gasteiger partial charge in [-0.25, -0.2) is 19.6 Å². The molecule has 9 heteroatoms. The molecule has 0 saturated heterocycles. The lowest BCUT2D eigenvalue weighted by atomic mass is 10.1. The highest BCUT2D eigenvalue weighted by atomic mass is 16.6. The maximum absolute atomic E-state index is 12.5. The molecule has 0 atom stereocenters. The SMILES string of the molecule is CCCCN(Cc1ccc2cccc(NC(=O)OC(C)(C)C)c2n1)Cc1ccc2cccc(NC(=O)OC(C)(C)C)c2n1. The van der Waals surface area contributed by atoms with E-state index in [2.05, 4.69) is 22.5 Å². The zero-order valence-electron chi connectivity index (χ0n) is 26.3. The molecule has 0 radical (unpaired) electrons. The van der Waals surface area contributed by atoms with Crippen LogP contribution in [0.25, 0.3) is 21.8 Å². The molecular weight excluding hydrogens is 542 g/mol. The van der Waals surface area contributed by atoms with Gasteiger partial charge in [0, 0.05) is 23.9 Å². The Morgan fingerprint density at radius 2 is 1.14 bits per heavy atom. The summed E-state index contributed by atoms with van der Waals surface area (Å²) in [5.41, 5.74) is 3.20. The zero-order valence-corrected chi connectivity index (χ0v) is 26.3. The first-order valence-electron chi connectivity index (χ1n) is 14.8. The largest absolute Gasteiger partial charge is 0.444 e. The van der Waals surface area contributed by atoms with Crippen molar-refractivity contribution < 1.29 is 19.1 Å². The molecule has 43 heavy (non-hydrogen) atoms. The molecule has 4 rings (SSSR count). The maximum atomic E-state index is 12.5. The van der Waals surface area contributed by atoms with Gasteiger partial charge >= 0.3 is 12.2 Å². The van der Waals surface area contributed by atoms with E-state index in [-0.39, 0.29) is 0 Å². The maximum Gasteiger partial charge on any atom is 0.412 e. The monoisotopic (exact) mass is 585 g/mol.